The fourth-order valence-electron chi connectivity index (χ4n) is 4.44. The van der Waals surface area contributed by atoms with Crippen LogP contribution in [0.3, 0.4) is 0 Å². The third kappa shape index (κ3) is 4.62. The predicted molar refractivity (Wildman–Crippen MR) is 128 cm³/mol. The van der Waals surface area contributed by atoms with E-state index in [9.17, 15) is 9.59 Å². The lowest BCUT2D eigenvalue weighted by atomic mass is 10.2. The minimum absolute atomic E-state index is 0.0663. The van der Waals surface area contributed by atoms with Gasteiger partial charge in [0, 0.05) is 50.9 Å². The van der Waals surface area contributed by atoms with Crippen molar-refractivity contribution >= 4 is 28.8 Å². The molecule has 3 heterocycles. The van der Waals surface area contributed by atoms with Crippen LogP contribution in [0.5, 0.6) is 11.5 Å². The highest BCUT2D eigenvalue weighted by Crippen LogP contribution is 2.29. The molecule has 0 spiro atoms. The van der Waals surface area contributed by atoms with Gasteiger partial charge in [0.1, 0.15) is 16.4 Å². The Hall–Kier alpha value is -3.23. The first-order valence-corrected chi connectivity index (χ1v) is 12.0. The molecule has 5 rings (SSSR count). The average molecular weight is 463 g/mol. The second-order valence-corrected chi connectivity index (χ2v) is 9.22. The van der Waals surface area contributed by atoms with Crippen molar-refractivity contribution in [1.29, 1.82) is 0 Å². The van der Waals surface area contributed by atoms with Gasteiger partial charge in [-0.05, 0) is 43.3 Å². The number of amides is 2. The molecule has 0 N–H and O–H groups in total. The summed E-state index contributed by atoms with van der Waals surface area (Å²) in [5.41, 5.74) is 3.40. The highest BCUT2D eigenvalue weighted by molar-refractivity contribution is 7.11. The summed E-state index contributed by atoms with van der Waals surface area (Å²) < 4.78 is 5.86. The summed E-state index contributed by atoms with van der Waals surface area (Å²) in [6.45, 7) is 5.44. The van der Waals surface area contributed by atoms with Gasteiger partial charge in [-0.15, -0.1) is 11.3 Å². The van der Waals surface area contributed by atoms with E-state index in [1.54, 1.807) is 5.51 Å². The summed E-state index contributed by atoms with van der Waals surface area (Å²) in [5.74, 6) is 1.72. The van der Waals surface area contributed by atoms with E-state index in [4.69, 9.17) is 4.74 Å². The van der Waals surface area contributed by atoms with Crippen LogP contribution in [-0.2, 0) is 4.79 Å². The summed E-state index contributed by atoms with van der Waals surface area (Å²) in [6, 6.07) is 17.5. The molecule has 0 radical (unpaired) electrons. The predicted octanol–water partition coefficient (Wildman–Crippen LogP) is 3.81. The largest absolute Gasteiger partial charge is 0.457 e. The van der Waals surface area contributed by atoms with E-state index < -0.39 is 0 Å². The van der Waals surface area contributed by atoms with E-state index >= 15 is 0 Å². The molecule has 0 saturated carbocycles. The Morgan fingerprint density at radius 2 is 1.70 bits per heavy atom. The Balaban J connectivity index is 1.17. The molecule has 33 heavy (non-hydrogen) atoms. The number of ether oxygens (including phenoxy) is 1. The molecule has 3 aromatic rings. The van der Waals surface area contributed by atoms with E-state index in [0.29, 0.717) is 26.1 Å². The molecule has 1 unspecified atom stereocenters. The van der Waals surface area contributed by atoms with Crippen molar-refractivity contribution < 1.29 is 14.3 Å². The number of piperazine rings is 1. The number of hydrogen-bond donors (Lipinski definition) is 0. The number of benzene rings is 2. The summed E-state index contributed by atoms with van der Waals surface area (Å²) in [6.07, 6.45) is 0.504. The first kappa shape index (κ1) is 21.6. The molecule has 0 aliphatic carbocycles. The summed E-state index contributed by atoms with van der Waals surface area (Å²) in [5, 5.41) is 0. The molecular formula is C25H26N4O3S. The number of para-hydroxylation sites is 1. The molecule has 2 aromatic carbocycles. The number of thiazole rings is 1. The Kier molecular flexibility index (Phi) is 6.11. The van der Waals surface area contributed by atoms with Crippen molar-refractivity contribution in [2.24, 2.45) is 0 Å². The Morgan fingerprint density at radius 3 is 2.36 bits per heavy atom. The van der Waals surface area contributed by atoms with Gasteiger partial charge in [0.25, 0.3) is 5.91 Å². The van der Waals surface area contributed by atoms with Gasteiger partial charge >= 0.3 is 0 Å². The molecule has 170 valence electrons. The van der Waals surface area contributed by atoms with E-state index in [1.807, 2.05) is 71.3 Å². The zero-order valence-electron chi connectivity index (χ0n) is 18.5. The number of anilines is 1. The van der Waals surface area contributed by atoms with Crippen LogP contribution in [0.4, 0.5) is 5.69 Å². The quantitative estimate of drug-likeness (QED) is 0.577. The van der Waals surface area contributed by atoms with Gasteiger partial charge in [0.2, 0.25) is 5.91 Å². The maximum Gasteiger partial charge on any atom is 0.265 e. The van der Waals surface area contributed by atoms with Crippen LogP contribution in [0, 0.1) is 6.92 Å². The van der Waals surface area contributed by atoms with Gasteiger partial charge in [-0.3, -0.25) is 14.5 Å². The minimum Gasteiger partial charge on any atom is -0.457 e. The van der Waals surface area contributed by atoms with Gasteiger partial charge in [-0.1, -0.05) is 18.2 Å². The van der Waals surface area contributed by atoms with Gasteiger partial charge in [0.15, 0.2) is 0 Å². The van der Waals surface area contributed by atoms with Gasteiger partial charge < -0.3 is 14.5 Å². The van der Waals surface area contributed by atoms with E-state index in [0.717, 1.165) is 40.8 Å². The Bertz CT molecular complexity index is 1120. The average Bonchev–Trinajstić information content (AvgIpc) is 3.45. The number of aryl methyl sites for hydroxylation is 1. The van der Waals surface area contributed by atoms with Crippen molar-refractivity contribution in [1.82, 2.24) is 14.8 Å². The lowest BCUT2D eigenvalue weighted by molar-refractivity contribution is -0.117. The van der Waals surface area contributed by atoms with Crippen LogP contribution < -0.4 is 9.64 Å². The van der Waals surface area contributed by atoms with E-state index in [-0.39, 0.29) is 17.9 Å². The summed E-state index contributed by atoms with van der Waals surface area (Å²) >= 11 is 1.40. The molecule has 1 atom stereocenters. The maximum atomic E-state index is 12.8. The third-order valence-electron chi connectivity index (χ3n) is 6.29. The molecule has 1 aromatic heterocycles. The molecule has 7 nitrogen and oxygen atoms in total. The Morgan fingerprint density at radius 1 is 1.00 bits per heavy atom. The maximum absolute atomic E-state index is 12.8. The topological polar surface area (TPSA) is 66.0 Å². The second-order valence-electron chi connectivity index (χ2n) is 8.37. The van der Waals surface area contributed by atoms with Crippen molar-refractivity contribution in [2.45, 2.75) is 19.4 Å². The molecule has 8 heteroatoms. The third-order valence-corrected chi connectivity index (χ3v) is 7.21. The normalized spacial score (nSPS) is 19.2. The molecule has 2 aliphatic rings. The lowest BCUT2D eigenvalue weighted by Crippen LogP contribution is -2.52. The van der Waals surface area contributed by atoms with E-state index in [1.165, 1.54) is 11.3 Å². The standard InChI is InChI=1S/C25H26N4O3S/c1-18-24(33-17-26-18)25(31)28-13-11-27(12-14-28)20-15-23(30)29(16-20)19-7-9-22(10-8-19)32-21-5-3-2-4-6-21/h2-10,17,20H,11-16H2,1H3. The first-order valence-electron chi connectivity index (χ1n) is 11.2. The van der Waals surface area contributed by atoms with Crippen molar-refractivity contribution in [2.75, 3.05) is 37.6 Å². The highest BCUT2D eigenvalue weighted by atomic mass is 32.1. The fraction of sp³-hybridized carbons (Fsp3) is 0.320. The molecule has 0 bridgehead atoms. The second kappa shape index (κ2) is 9.33. The number of hydrogen-bond acceptors (Lipinski definition) is 6. The fourth-order valence-corrected chi connectivity index (χ4v) is 5.21. The summed E-state index contributed by atoms with van der Waals surface area (Å²) in [7, 11) is 0. The van der Waals surface area contributed by atoms with E-state index in [2.05, 4.69) is 9.88 Å². The zero-order valence-corrected chi connectivity index (χ0v) is 19.3. The zero-order chi connectivity index (χ0) is 22.8. The molecular weight excluding hydrogens is 436 g/mol. The van der Waals surface area contributed by atoms with Crippen LogP contribution in [0.15, 0.2) is 60.1 Å². The number of carbonyl (C=O) groups excluding carboxylic acids is 2. The van der Waals surface area contributed by atoms with Crippen LogP contribution in [0.25, 0.3) is 0 Å². The van der Waals surface area contributed by atoms with Crippen molar-refractivity contribution in [3.63, 3.8) is 0 Å². The van der Waals surface area contributed by atoms with Crippen LogP contribution >= 0.6 is 11.3 Å². The number of rotatable bonds is 5. The van der Waals surface area contributed by atoms with Crippen LogP contribution in [0.1, 0.15) is 21.8 Å². The molecule has 2 fully saturated rings. The van der Waals surface area contributed by atoms with Gasteiger partial charge in [0.05, 0.1) is 11.2 Å². The smallest absolute Gasteiger partial charge is 0.265 e. The van der Waals surface area contributed by atoms with Crippen molar-refractivity contribution in [3.8, 4) is 11.5 Å². The lowest BCUT2D eigenvalue weighted by Gasteiger charge is -2.37. The minimum atomic E-state index is 0.0663. The van der Waals surface area contributed by atoms with Crippen molar-refractivity contribution in [3.05, 3.63) is 70.7 Å². The first-order chi connectivity index (χ1) is 16.1. The van der Waals surface area contributed by atoms with Gasteiger partial charge in [-0.2, -0.15) is 0 Å². The SMILES string of the molecule is Cc1ncsc1C(=O)N1CCN(C2CC(=O)N(c3ccc(Oc4ccccc4)cc3)C2)CC1. The number of nitrogens with zero attached hydrogens (tertiary/aromatic N) is 4. The highest BCUT2D eigenvalue weighted by Gasteiger charge is 2.36. The molecule has 2 saturated heterocycles. The summed E-state index contributed by atoms with van der Waals surface area (Å²) in [4.78, 5) is 36.5. The van der Waals surface area contributed by atoms with Crippen LogP contribution in [-0.4, -0.2) is 65.4 Å². The molecule has 2 amide bonds. The van der Waals surface area contributed by atoms with Crippen LogP contribution in [0.2, 0.25) is 0 Å². The molecule has 2 aliphatic heterocycles. The number of aromatic nitrogens is 1. The monoisotopic (exact) mass is 462 g/mol. The van der Waals surface area contributed by atoms with Gasteiger partial charge in [-0.25, -0.2) is 4.98 Å². The number of carbonyl (C=O) groups is 2. The Labute approximate surface area is 197 Å².